The van der Waals surface area contributed by atoms with E-state index in [1.54, 1.807) is 0 Å². The Morgan fingerprint density at radius 2 is 2.14 bits per heavy atom. The molecule has 0 atom stereocenters. The van der Waals surface area contributed by atoms with E-state index in [0.717, 1.165) is 12.1 Å². The third-order valence-electron chi connectivity index (χ3n) is 2.46. The van der Waals surface area contributed by atoms with Gasteiger partial charge in [0.05, 0.1) is 0 Å². The standard InChI is InChI=1S/C12H14N2/c1-9-3-2-4-10-6-8-14-11(5-7-13)12(9)10/h2-4,6,8H,5,7,13H2,1H3. The van der Waals surface area contributed by atoms with Crippen molar-refractivity contribution in [3.8, 4) is 0 Å². The van der Waals surface area contributed by atoms with Crippen molar-refractivity contribution >= 4 is 10.8 Å². The Hall–Kier alpha value is -1.41. The molecule has 14 heavy (non-hydrogen) atoms. The molecule has 0 bridgehead atoms. The number of nitrogens with two attached hydrogens (primary N) is 1. The second kappa shape index (κ2) is 3.76. The summed E-state index contributed by atoms with van der Waals surface area (Å²) in [6.07, 6.45) is 2.70. The Labute approximate surface area is 83.8 Å². The molecule has 1 heterocycles. The van der Waals surface area contributed by atoms with Crippen molar-refractivity contribution in [1.29, 1.82) is 0 Å². The molecule has 1 aromatic carbocycles. The van der Waals surface area contributed by atoms with Gasteiger partial charge in [-0.1, -0.05) is 18.2 Å². The van der Waals surface area contributed by atoms with E-state index < -0.39 is 0 Å². The Bertz CT molecular complexity index is 444. The van der Waals surface area contributed by atoms with Crippen LogP contribution in [0, 0.1) is 6.92 Å². The summed E-state index contributed by atoms with van der Waals surface area (Å²) >= 11 is 0. The van der Waals surface area contributed by atoms with Crippen LogP contribution in [0.1, 0.15) is 11.3 Å². The molecule has 0 aliphatic heterocycles. The molecule has 2 rings (SSSR count). The Kier molecular flexibility index (Phi) is 2.46. The van der Waals surface area contributed by atoms with Crippen molar-refractivity contribution in [1.82, 2.24) is 4.98 Å². The van der Waals surface area contributed by atoms with Gasteiger partial charge in [-0.15, -0.1) is 0 Å². The predicted molar refractivity (Wildman–Crippen MR) is 59.2 cm³/mol. The van der Waals surface area contributed by atoms with Crippen LogP contribution < -0.4 is 5.73 Å². The minimum absolute atomic E-state index is 0.653. The number of pyridine rings is 1. The van der Waals surface area contributed by atoms with Gasteiger partial charge < -0.3 is 5.73 Å². The van der Waals surface area contributed by atoms with Crippen LogP contribution in [0.5, 0.6) is 0 Å². The van der Waals surface area contributed by atoms with Crippen LogP contribution in [-0.4, -0.2) is 11.5 Å². The average molecular weight is 186 g/mol. The molecule has 0 unspecified atom stereocenters. The number of aryl methyl sites for hydroxylation is 1. The van der Waals surface area contributed by atoms with E-state index >= 15 is 0 Å². The first-order valence-corrected chi connectivity index (χ1v) is 4.86. The highest BCUT2D eigenvalue weighted by Crippen LogP contribution is 2.20. The topological polar surface area (TPSA) is 38.9 Å². The molecule has 0 aliphatic carbocycles. The lowest BCUT2D eigenvalue weighted by Gasteiger charge is -2.06. The molecular formula is C12H14N2. The SMILES string of the molecule is Cc1cccc2ccnc(CCN)c12. The van der Waals surface area contributed by atoms with Gasteiger partial charge in [0.1, 0.15) is 0 Å². The molecule has 0 spiro atoms. The van der Waals surface area contributed by atoms with Gasteiger partial charge >= 0.3 is 0 Å². The lowest BCUT2D eigenvalue weighted by molar-refractivity contribution is 0.934. The van der Waals surface area contributed by atoms with Gasteiger partial charge in [-0.2, -0.15) is 0 Å². The zero-order chi connectivity index (χ0) is 9.97. The van der Waals surface area contributed by atoms with Crippen molar-refractivity contribution in [2.45, 2.75) is 13.3 Å². The maximum absolute atomic E-state index is 5.56. The van der Waals surface area contributed by atoms with Gasteiger partial charge in [-0.05, 0) is 30.5 Å². The molecule has 0 saturated heterocycles. The van der Waals surface area contributed by atoms with E-state index in [2.05, 4.69) is 30.1 Å². The molecule has 2 heteroatoms. The molecule has 0 saturated carbocycles. The first-order valence-electron chi connectivity index (χ1n) is 4.86. The summed E-state index contributed by atoms with van der Waals surface area (Å²) < 4.78 is 0. The summed E-state index contributed by atoms with van der Waals surface area (Å²) in [5.41, 5.74) is 7.95. The Morgan fingerprint density at radius 1 is 1.29 bits per heavy atom. The molecular weight excluding hydrogens is 172 g/mol. The van der Waals surface area contributed by atoms with Gasteiger partial charge in [0.2, 0.25) is 0 Å². The highest BCUT2D eigenvalue weighted by molar-refractivity contribution is 5.87. The fourth-order valence-electron chi connectivity index (χ4n) is 1.82. The van der Waals surface area contributed by atoms with E-state index in [-0.39, 0.29) is 0 Å². The van der Waals surface area contributed by atoms with E-state index in [0.29, 0.717) is 6.54 Å². The summed E-state index contributed by atoms with van der Waals surface area (Å²) in [5.74, 6) is 0. The number of benzene rings is 1. The number of fused-ring (bicyclic) bond motifs is 1. The number of rotatable bonds is 2. The Morgan fingerprint density at radius 3 is 2.93 bits per heavy atom. The number of hydrogen-bond acceptors (Lipinski definition) is 2. The minimum atomic E-state index is 0.653. The van der Waals surface area contributed by atoms with Crippen LogP contribution in [0.2, 0.25) is 0 Å². The molecule has 0 amide bonds. The van der Waals surface area contributed by atoms with Crippen molar-refractivity contribution in [2.24, 2.45) is 5.73 Å². The van der Waals surface area contributed by atoms with Gasteiger partial charge in [-0.25, -0.2) is 0 Å². The lowest BCUT2D eigenvalue weighted by atomic mass is 10.0. The molecule has 2 N–H and O–H groups in total. The van der Waals surface area contributed by atoms with E-state index in [1.165, 1.54) is 16.3 Å². The van der Waals surface area contributed by atoms with E-state index in [1.807, 2.05) is 12.3 Å². The van der Waals surface area contributed by atoms with Crippen LogP contribution >= 0.6 is 0 Å². The second-order valence-electron chi connectivity index (χ2n) is 3.47. The molecule has 1 aromatic heterocycles. The van der Waals surface area contributed by atoms with Gasteiger partial charge in [0, 0.05) is 23.7 Å². The fourth-order valence-corrected chi connectivity index (χ4v) is 1.82. The molecule has 0 fully saturated rings. The zero-order valence-electron chi connectivity index (χ0n) is 8.33. The summed E-state index contributed by atoms with van der Waals surface area (Å²) in [7, 11) is 0. The van der Waals surface area contributed by atoms with Gasteiger partial charge in [0.25, 0.3) is 0 Å². The second-order valence-corrected chi connectivity index (χ2v) is 3.47. The van der Waals surface area contributed by atoms with Gasteiger partial charge in [-0.3, -0.25) is 4.98 Å². The number of aromatic nitrogens is 1. The van der Waals surface area contributed by atoms with Crippen LogP contribution in [0.15, 0.2) is 30.5 Å². The maximum Gasteiger partial charge on any atom is 0.0497 e. The third-order valence-corrected chi connectivity index (χ3v) is 2.46. The number of hydrogen-bond donors (Lipinski definition) is 1. The summed E-state index contributed by atoms with van der Waals surface area (Å²) in [6.45, 7) is 2.77. The summed E-state index contributed by atoms with van der Waals surface area (Å²) in [6, 6.07) is 8.35. The monoisotopic (exact) mass is 186 g/mol. The largest absolute Gasteiger partial charge is 0.330 e. The van der Waals surface area contributed by atoms with Crippen molar-refractivity contribution in [3.05, 3.63) is 41.7 Å². The summed E-state index contributed by atoms with van der Waals surface area (Å²) in [4.78, 5) is 4.38. The fraction of sp³-hybridized carbons (Fsp3) is 0.250. The van der Waals surface area contributed by atoms with Crippen LogP contribution in [0.25, 0.3) is 10.8 Å². The van der Waals surface area contributed by atoms with Crippen molar-refractivity contribution < 1.29 is 0 Å². The minimum Gasteiger partial charge on any atom is -0.330 e. The van der Waals surface area contributed by atoms with Crippen LogP contribution in [-0.2, 0) is 6.42 Å². The first kappa shape index (κ1) is 9.16. The average Bonchev–Trinajstić information content (AvgIpc) is 2.19. The number of nitrogens with zero attached hydrogens (tertiary/aromatic N) is 1. The molecule has 0 aliphatic rings. The molecule has 72 valence electrons. The molecule has 2 nitrogen and oxygen atoms in total. The molecule has 0 radical (unpaired) electrons. The predicted octanol–water partition coefficient (Wildman–Crippen LogP) is 2.04. The maximum atomic E-state index is 5.56. The molecule has 2 aromatic rings. The Balaban J connectivity index is 2.71. The van der Waals surface area contributed by atoms with Crippen molar-refractivity contribution in [3.63, 3.8) is 0 Å². The van der Waals surface area contributed by atoms with Crippen LogP contribution in [0.3, 0.4) is 0 Å². The summed E-state index contributed by atoms with van der Waals surface area (Å²) in [5, 5.41) is 2.52. The quantitative estimate of drug-likeness (QED) is 0.779. The van der Waals surface area contributed by atoms with E-state index in [9.17, 15) is 0 Å². The highest BCUT2D eigenvalue weighted by Gasteiger charge is 2.03. The third kappa shape index (κ3) is 1.49. The lowest BCUT2D eigenvalue weighted by Crippen LogP contribution is -2.05. The van der Waals surface area contributed by atoms with Crippen LogP contribution in [0.4, 0.5) is 0 Å². The zero-order valence-corrected chi connectivity index (χ0v) is 8.33. The smallest absolute Gasteiger partial charge is 0.0497 e. The first-order chi connectivity index (χ1) is 6.83. The highest BCUT2D eigenvalue weighted by atomic mass is 14.7. The van der Waals surface area contributed by atoms with Crippen molar-refractivity contribution in [2.75, 3.05) is 6.54 Å². The van der Waals surface area contributed by atoms with E-state index in [4.69, 9.17) is 5.73 Å². The van der Waals surface area contributed by atoms with Gasteiger partial charge in [0.15, 0.2) is 0 Å². The normalized spacial score (nSPS) is 10.7.